The molecule has 1 heterocycles. The average molecular weight is 402 g/mol. The molecule has 0 atom stereocenters. The fourth-order valence-electron chi connectivity index (χ4n) is 2.63. The van der Waals surface area contributed by atoms with Crippen molar-refractivity contribution in [2.24, 2.45) is 0 Å². The molecule has 0 aliphatic rings. The third kappa shape index (κ3) is 4.23. The second-order valence-electron chi connectivity index (χ2n) is 5.29. The molecule has 0 spiro atoms. The van der Waals surface area contributed by atoms with Crippen molar-refractivity contribution in [1.29, 1.82) is 0 Å². The molecule has 0 saturated carbocycles. The fourth-order valence-corrected chi connectivity index (χ4v) is 3.35. The SMILES string of the molecule is CC.COc1cc(-c2nscc2-c2ccc([N+](=O)[O-])cc2)cc(OC)c1OC. The molecule has 0 saturated heterocycles. The lowest BCUT2D eigenvalue weighted by Crippen LogP contribution is -1.96. The Balaban J connectivity index is 0.00000136. The monoisotopic (exact) mass is 402 g/mol. The minimum absolute atomic E-state index is 0.0475. The molecular formula is C20H22N2O5S. The van der Waals surface area contributed by atoms with Gasteiger partial charge < -0.3 is 14.2 Å². The van der Waals surface area contributed by atoms with Crippen LogP contribution in [0, 0.1) is 10.1 Å². The van der Waals surface area contributed by atoms with E-state index in [4.69, 9.17) is 14.2 Å². The second kappa shape index (κ2) is 9.70. The highest BCUT2D eigenvalue weighted by Gasteiger charge is 2.18. The zero-order chi connectivity index (χ0) is 20.7. The standard InChI is InChI=1S/C18H16N2O5S.C2H6/c1-23-15-8-12(9-16(24-2)18(15)25-3)17-14(10-26-19-17)11-4-6-13(7-5-11)20(21)22;1-2/h4-10H,1-3H3;1-2H3. The summed E-state index contributed by atoms with van der Waals surface area (Å²) in [5.41, 5.74) is 3.30. The maximum Gasteiger partial charge on any atom is 0.269 e. The molecule has 7 nitrogen and oxygen atoms in total. The van der Waals surface area contributed by atoms with E-state index in [2.05, 4.69) is 4.37 Å². The van der Waals surface area contributed by atoms with Crippen LogP contribution in [0.15, 0.2) is 41.8 Å². The number of rotatable bonds is 6. The van der Waals surface area contributed by atoms with Crippen molar-refractivity contribution < 1.29 is 19.1 Å². The van der Waals surface area contributed by atoms with Crippen molar-refractivity contribution in [3.05, 3.63) is 51.9 Å². The van der Waals surface area contributed by atoms with Crippen molar-refractivity contribution in [3.63, 3.8) is 0 Å². The highest BCUT2D eigenvalue weighted by atomic mass is 32.1. The van der Waals surface area contributed by atoms with Crippen LogP contribution in [0.25, 0.3) is 22.4 Å². The van der Waals surface area contributed by atoms with Crippen molar-refractivity contribution in [2.45, 2.75) is 13.8 Å². The summed E-state index contributed by atoms with van der Waals surface area (Å²) in [5.74, 6) is 1.57. The van der Waals surface area contributed by atoms with E-state index in [1.165, 1.54) is 23.7 Å². The van der Waals surface area contributed by atoms with E-state index in [9.17, 15) is 10.1 Å². The van der Waals surface area contributed by atoms with Crippen molar-refractivity contribution in [1.82, 2.24) is 4.37 Å². The molecule has 3 rings (SSSR count). The molecule has 2 aromatic carbocycles. The number of hydrogen-bond acceptors (Lipinski definition) is 7. The first-order valence-corrected chi connectivity index (χ1v) is 9.42. The molecule has 0 aliphatic carbocycles. The summed E-state index contributed by atoms with van der Waals surface area (Å²) in [6.07, 6.45) is 0. The van der Waals surface area contributed by atoms with E-state index in [0.717, 1.165) is 22.4 Å². The van der Waals surface area contributed by atoms with E-state index in [-0.39, 0.29) is 5.69 Å². The van der Waals surface area contributed by atoms with E-state index in [1.54, 1.807) is 33.5 Å². The van der Waals surface area contributed by atoms with Crippen molar-refractivity contribution in [3.8, 4) is 39.6 Å². The van der Waals surface area contributed by atoms with Gasteiger partial charge in [0.1, 0.15) is 0 Å². The number of nitro benzene ring substituents is 1. The van der Waals surface area contributed by atoms with Crippen LogP contribution in [0.3, 0.4) is 0 Å². The number of ether oxygens (including phenoxy) is 3. The Labute approximate surface area is 167 Å². The van der Waals surface area contributed by atoms with E-state index in [0.29, 0.717) is 17.2 Å². The van der Waals surface area contributed by atoms with Gasteiger partial charge in [0.25, 0.3) is 5.69 Å². The molecule has 8 heteroatoms. The molecule has 0 unspecified atom stereocenters. The fraction of sp³-hybridized carbons (Fsp3) is 0.250. The van der Waals surface area contributed by atoms with Crippen LogP contribution in [-0.2, 0) is 0 Å². The molecule has 0 bridgehead atoms. The van der Waals surface area contributed by atoms with Gasteiger partial charge in [0, 0.05) is 28.6 Å². The van der Waals surface area contributed by atoms with Gasteiger partial charge in [-0.05, 0) is 41.4 Å². The number of aromatic nitrogens is 1. The Bertz CT molecular complexity index is 913. The largest absolute Gasteiger partial charge is 0.493 e. The Morgan fingerprint density at radius 1 is 0.929 bits per heavy atom. The van der Waals surface area contributed by atoms with Gasteiger partial charge in [-0.3, -0.25) is 10.1 Å². The summed E-state index contributed by atoms with van der Waals surface area (Å²) in [5, 5.41) is 12.7. The summed E-state index contributed by atoms with van der Waals surface area (Å²) in [4.78, 5) is 10.4. The lowest BCUT2D eigenvalue weighted by molar-refractivity contribution is -0.384. The van der Waals surface area contributed by atoms with E-state index >= 15 is 0 Å². The number of non-ortho nitro benzene ring substituents is 1. The minimum Gasteiger partial charge on any atom is -0.493 e. The first-order chi connectivity index (χ1) is 13.6. The number of methoxy groups -OCH3 is 3. The predicted octanol–water partition coefficient (Wildman–Crippen LogP) is 5.44. The van der Waals surface area contributed by atoms with Gasteiger partial charge in [0.05, 0.1) is 31.9 Å². The molecule has 0 fully saturated rings. The normalized spacial score (nSPS) is 9.89. The third-order valence-electron chi connectivity index (χ3n) is 3.90. The quantitative estimate of drug-likeness (QED) is 0.403. The van der Waals surface area contributed by atoms with Crippen LogP contribution in [-0.4, -0.2) is 30.6 Å². The number of nitrogens with zero attached hydrogens (tertiary/aromatic N) is 2. The van der Waals surface area contributed by atoms with Crippen LogP contribution in [0.2, 0.25) is 0 Å². The average Bonchev–Trinajstić information content (AvgIpc) is 3.24. The molecular weight excluding hydrogens is 380 g/mol. The van der Waals surface area contributed by atoms with Crippen molar-refractivity contribution in [2.75, 3.05) is 21.3 Å². The third-order valence-corrected chi connectivity index (χ3v) is 4.53. The van der Waals surface area contributed by atoms with Crippen LogP contribution >= 0.6 is 11.5 Å². The first kappa shape index (κ1) is 21.2. The molecule has 148 valence electrons. The van der Waals surface area contributed by atoms with Crippen LogP contribution in [0.1, 0.15) is 13.8 Å². The topological polar surface area (TPSA) is 83.7 Å². The predicted molar refractivity (Wildman–Crippen MR) is 111 cm³/mol. The molecule has 0 aliphatic heterocycles. The summed E-state index contributed by atoms with van der Waals surface area (Å²) in [6, 6.07) is 10.0. The smallest absolute Gasteiger partial charge is 0.269 e. The van der Waals surface area contributed by atoms with Gasteiger partial charge in [-0.15, -0.1) is 0 Å². The number of benzene rings is 2. The van der Waals surface area contributed by atoms with E-state index < -0.39 is 4.92 Å². The Kier molecular flexibility index (Phi) is 7.34. The van der Waals surface area contributed by atoms with Crippen LogP contribution < -0.4 is 14.2 Å². The van der Waals surface area contributed by atoms with Crippen LogP contribution in [0.4, 0.5) is 5.69 Å². The number of nitro groups is 1. The summed E-state index contributed by atoms with van der Waals surface area (Å²) in [7, 11) is 4.66. The highest BCUT2D eigenvalue weighted by molar-refractivity contribution is 7.04. The first-order valence-electron chi connectivity index (χ1n) is 8.58. The molecule has 3 aromatic rings. The van der Waals surface area contributed by atoms with E-state index in [1.807, 2.05) is 31.4 Å². The summed E-state index contributed by atoms with van der Waals surface area (Å²) < 4.78 is 20.6. The summed E-state index contributed by atoms with van der Waals surface area (Å²) in [6.45, 7) is 4.00. The molecule has 0 N–H and O–H groups in total. The minimum atomic E-state index is -0.421. The van der Waals surface area contributed by atoms with Gasteiger partial charge in [-0.2, -0.15) is 4.37 Å². The maximum absolute atomic E-state index is 10.8. The van der Waals surface area contributed by atoms with Gasteiger partial charge >= 0.3 is 0 Å². The van der Waals surface area contributed by atoms with Gasteiger partial charge in [0.15, 0.2) is 11.5 Å². The molecule has 0 radical (unpaired) electrons. The second-order valence-corrected chi connectivity index (χ2v) is 5.92. The van der Waals surface area contributed by atoms with Gasteiger partial charge in [-0.25, -0.2) is 0 Å². The Morgan fingerprint density at radius 2 is 1.50 bits per heavy atom. The Hall–Kier alpha value is -3.13. The molecule has 0 amide bonds. The lowest BCUT2D eigenvalue weighted by atomic mass is 10.0. The van der Waals surface area contributed by atoms with Crippen LogP contribution in [0.5, 0.6) is 17.2 Å². The highest BCUT2D eigenvalue weighted by Crippen LogP contribution is 2.43. The van der Waals surface area contributed by atoms with Gasteiger partial charge in [0.2, 0.25) is 5.75 Å². The van der Waals surface area contributed by atoms with Crippen molar-refractivity contribution >= 4 is 17.2 Å². The summed E-state index contributed by atoms with van der Waals surface area (Å²) >= 11 is 1.31. The number of hydrogen-bond donors (Lipinski definition) is 0. The molecule has 1 aromatic heterocycles. The molecule has 28 heavy (non-hydrogen) atoms. The maximum atomic E-state index is 10.8. The zero-order valence-corrected chi connectivity index (χ0v) is 17.2. The lowest BCUT2D eigenvalue weighted by Gasteiger charge is -2.14. The Morgan fingerprint density at radius 3 is 1.96 bits per heavy atom. The van der Waals surface area contributed by atoms with Gasteiger partial charge in [-0.1, -0.05) is 13.8 Å². The zero-order valence-electron chi connectivity index (χ0n) is 16.4.